The lowest BCUT2D eigenvalue weighted by Gasteiger charge is -2.25. The van der Waals surface area contributed by atoms with Gasteiger partial charge in [0.05, 0.1) is 32.2 Å². The topological polar surface area (TPSA) is 105 Å². The second kappa shape index (κ2) is 12.6. The number of hydrogen-bond acceptors (Lipinski definition) is 7. The summed E-state index contributed by atoms with van der Waals surface area (Å²) in [5, 5.41) is 3.22. The van der Waals surface area contributed by atoms with E-state index in [2.05, 4.69) is 5.32 Å². The third-order valence-corrected chi connectivity index (χ3v) is 6.87. The van der Waals surface area contributed by atoms with Gasteiger partial charge in [-0.3, -0.25) is 19.0 Å². The van der Waals surface area contributed by atoms with E-state index in [4.69, 9.17) is 18.9 Å². The molecule has 0 fully saturated rings. The van der Waals surface area contributed by atoms with Crippen LogP contribution in [0, 0.1) is 13.8 Å². The first-order valence-electron chi connectivity index (χ1n) is 13.2. The van der Waals surface area contributed by atoms with Crippen LogP contribution in [0.25, 0.3) is 22.0 Å². The minimum absolute atomic E-state index is 0.170. The van der Waals surface area contributed by atoms with Crippen LogP contribution in [0.1, 0.15) is 36.1 Å². The fraction of sp³-hybridized carbons (Fsp3) is 0.281. The monoisotopic (exact) mass is 558 g/mol. The summed E-state index contributed by atoms with van der Waals surface area (Å²) in [6.07, 6.45) is 0.170. The Morgan fingerprint density at radius 1 is 0.854 bits per heavy atom. The number of fused-ring (bicyclic) bond motifs is 1. The maximum absolute atomic E-state index is 14.0. The Morgan fingerprint density at radius 2 is 1.46 bits per heavy atom. The largest absolute Gasteiger partial charge is 0.493 e. The molecular weight excluding hydrogens is 524 g/mol. The number of ether oxygens (including phenoxy) is 4. The second-order valence-corrected chi connectivity index (χ2v) is 9.54. The number of amides is 1. The molecule has 9 heteroatoms. The number of pyridine rings is 1. The third-order valence-electron chi connectivity index (χ3n) is 6.87. The smallest absolute Gasteiger partial charge is 0.307 e. The number of hydrogen-bond donors (Lipinski definition) is 1. The molecule has 4 rings (SSSR count). The molecule has 9 nitrogen and oxygen atoms in total. The first-order valence-corrected chi connectivity index (χ1v) is 13.2. The van der Waals surface area contributed by atoms with Crippen LogP contribution in [0.15, 0.2) is 65.5 Å². The van der Waals surface area contributed by atoms with Crippen molar-refractivity contribution in [2.24, 2.45) is 0 Å². The Balaban J connectivity index is 2.06. The molecule has 0 spiro atoms. The molecule has 0 saturated carbocycles. The summed E-state index contributed by atoms with van der Waals surface area (Å²) in [5.41, 5.74) is 4.00. The van der Waals surface area contributed by atoms with Gasteiger partial charge in [-0.25, -0.2) is 0 Å². The van der Waals surface area contributed by atoms with Crippen molar-refractivity contribution < 1.29 is 28.5 Å². The molecule has 0 radical (unpaired) electrons. The summed E-state index contributed by atoms with van der Waals surface area (Å²) < 4.78 is 23.7. The molecule has 1 amide bonds. The first kappa shape index (κ1) is 29.2. The van der Waals surface area contributed by atoms with Gasteiger partial charge in [0.25, 0.3) is 5.56 Å². The predicted molar refractivity (Wildman–Crippen MR) is 157 cm³/mol. The van der Waals surface area contributed by atoms with Crippen molar-refractivity contribution in [1.29, 1.82) is 0 Å². The second-order valence-electron chi connectivity index (χ2n) is 9.54. The highest BCUT2D eigenvalue weighted by molar-refractivity contribution is 6.03. The van der Waals surface area contributed by atoms with E-state index in [1.807, 2.05) is 50.2 Å². The Hall–Kier alpha value is -4.79. The highest BCUT2D eigenvalue weighted by Crippen LogP contribution is 2.47. The Labute approximate surface area is 238 Å². The molecule has 0 bridgehead atoms. The molecule has 1 aromatic heterocycles. The van der Waals surface area contributed by atoms with Crippen LogP contribution in [0.5, 0.6) is 17.2 Å². The molecule has 1 atom stereocenters. The summed E-state index contributed by atoms with van der Waals surface area (Å²) in [4.78, 5) is 39.5. The van der Waals surface area contributed by atoms with E-state index in [-0.39, 0.29) is 13.2 Å². The highest BCUT2D eigenvalue weighted by Gasteiger charge is 2.29. The fourth-order valence-corrected chi connectivity index (χ4v) is 4.76. The molecular formula is C32H34N2O7. The summed E-state index contributed by atoms with van der Waals surface area (Å²) >= 11 is 0. The molecule has 0 aliphatic rings. The van der Waals surface area contributed by atoms with E-state index >= 15 is 0 Å². The van der Waals surface area contributed by atoms with Gasteiger partial charge in [0.1, 0.15) is 6.04 Å². The molecule has 0 saturated heterocycles. The number of rotatable bonds is 10. The van der Waals surface area contributed by atoms with Crippen LogP contribution in [-0.4, -0.2) is 44.5 Å². The summed E-state index contributed by atoms with van der Waals surface area (Å²) in [6, 6.07) is 17.1. The molecule has 1 heterocycles. The van der Waals surface area contributed by atoms with Gasteiger partial charge < -0.3 is 24.3 Å². The van der Waals surface area contributed by atoms with Crippen LogP contribution >= 0.6 is 0 Å². The van der Waals surface area contributed by atoms with E-state index in [9.17, 15) is 14.4 Å². The van der Waals surface area contributed by atoms with Crippen molar-refractivity contribution in [1.82, 2.24) is 9.88 Å². The zero-order valence-corrected chi connectivity index (χ0v) is 24.1. The lowest BCUT2D eigenvalue weighted by molar-refractivity contribution is -0.145. The van der Waals surface area contributed by atoms with Gasteiger partial charge in [0.2, 0.25) is 11.7 Å². The standard InChI is InChI=1S/C32H34N2O7/c1-7-27(36)41-18-33-32(37)29(22-14-10-20(3)11-15-22)34-24-17-25(38-4)30(39-5)31(40-6)28(24)23(16-26(34)35)21-12-8-19(2)9-13-21/h8-17,29H,7,18H2,1-6H3,(H,33,37). The van der Waals surface area contributed by atoms with Crippen LogP contribution in [0.4, 0.5) is 0 Å². The van der Waals surface area contributed by atoms with Gasteiger partial charge >= 0.3 is 5.97 Å². The van der Waals surface area contributed by atoms with E-state index in [0.717, 1.165) is 16.7 Å². The van der Waals surface area contributed by atoms with Crippen molar-refractivity contribution in [3.05, 3.63) is 87.7 Å². The number of esters is 1. The molecule has 1 N–H and O–H groups in total. The molecule has 214 valence electrons. The Morgan fingerprint density at radius 3 is 2.02 bits per heavy atom. The van der Waals surface area contributed by atoms with Crippen molar-refractivity contribution in [2.75, 3.05) is 28.1 Å². The zero-order valence-electron chi connectivity index (χ0n) is 24.1. The summed E-state index contributed by atoms with van der Waals surface area (Å²) in [6.45, 7) is 5.25. The van der Waals surface area contributed by atoms with Crippen LogP contribution in [0.2, 0.25) is 0 Å². The number of carbonyl (C=O) groups is 2. The number of benzene rings is 3. The molecule has 0 aliphatic heterocycles. The maximum Gasteiger partial charge on any atom is 0.307 e. The maximum atomic E-state index is 14.0. The molecule has 3 aromatic carbocycles. The zero-order chi connectivity index (χ0) is 29.7. The van der Waals surface area contributed by atoms with Crippen LogP contribution in [0.3, 0.4) is 0 Å². The Kier molecular flexibility index (Phi) is 8.97. The third kappa shape index (κ3) is 5.89. The lowest BCUT2D eigenvalue weighted by Crippen LogP contribution is -2.39. The lowest BCUT2D eigenvalue weighted by atomic mass is 9.97. The highest BCUT2D eigenvalue weighted by atomic mass is 16.5. The molecule has 41 heavy (non-hydrogen) atoms. The number of aromatic nitrogens is 1. The van der Waals surface area contributed by atoms with Crippen molar-refractivity contribution >= 4 is 22.8 Å². The average Bonchev–Trinajstić information content (AvgIpc) is 2.98. The predicted octanol–water partition coefficient (Wildman–Crippen LogP) is 4.93. The van der Waals surface area contributed by atoms with E-state index in [1.165, 1.54) is 32.0 Å². The Bertz CT molecular complexity index is 1620. The van der Waals surface area contributed by atoms with Crippen LogP contribution < -0.4 is 25.1 Å². The van der Waals surface area contributed by atoms with Gasteiger partial charge in [0.15, 0.2) is 18.2 Å². The van der Waals surface area contributed by atoms with Gasteiger partial charge in [-0.2, -0.15) is 0 Å². The normalized spacial score (nSPS) is 11.6. The summed E-state index contributed by atoms with van der Waals surface area (Å²) in [5.74, 6) is 0.0443. The number of aryl methyl sites for hydroxylation is 2. The van der Waals surface area contributed by atoms with Gasteiger partial charge in [-0.05, 0) is 25.0 Å². The SMILES string of the molecule is CCC(=O)OCNC(=O)C(c1ccc(C)cc1)n1c(=O)cc(-c2ccc(C)cc2)c2c(OC)c(OC)c(OC)cc21. The molecule has 4 aromatic rings. The summed E-state index contributed by atoms with van der Waals surface area (Å²) in [7, 11) is 4.51. The molecule has 1 unspecified atom stereocenters. The number of nitrogens with zero attached hydrogens (tertiary/aromatic N) is 1. The fourth-order valence-electron chi connectivity index (χ4n) is 4.76. The minimum atomic E-state index is -1.11. The van der Waals surface area contributed by atoms with E-state index < -0.39 is 23.5 Å². The molecule has 0 aliphatic carbocycles. The van der Waals surface area contributed by atoms with Crippen molar-refractivity contribution in [3.63, 3.8) is 0 Å². The average molecular weight is 559 g/mol. The van der Waals surface area contributed by atoms with Crippen LogP contribution in [-0.2, 0) is 14.3 Å². The number of carbonyl (C=O) groups excluding carboxylic acids is 2. The van der Waals surface area contributed by atoms with E-state index in [0.29, 0.717) is 39.3 Å². The quantitative estimate of drug-likeness (QED) is 0.217. The number of nitrogens with one attached hydrogen (secondary N) is 1. The van der Waals surface area contributed by atoms with Gasteiger partial charge in [-0.15, -0.1) is 0 Å². The van der Waals surface area contributed by atoms with Crippen molar-refractivity contribution in [2.45, 2.75) is 33.2 Å². The van der Waals surface area contributed by atoms with Gasteiger partial charge in [0, 0.05) is 24.1 Å². The van der Waals surface area contributed by atoms with Crippen molar-refractivity contribution in [3.8, 4) is 28.4 Å². The minimum Gasteiger partial charge on any atom is -0.493 e. The first-order chi connectivity index (χ1) is 19.7. The van der Waals surface area contributed by atoms with E-state index in [1.54, 1.807) is 25.1 Å². The number of methoxy groups -OCH3 is 3. The van der Waals surface area contributed by atoms with Gasteiger partial charge in [-0.1, -0.05) is 66.6 Å².